The molecule has 7 heteroatoms. The van der Waals surface area contributed by atoms with Crippen LogP contribution in [-0.2, 0) is 12.8 Å². The van der Waals surface area contributed by atoms with Crippen molar-refractivity contribution in [3.8, 4) is 5.69 Å². The van der Waals surface area contributed by atoms with Gasteiger partial charge in [-0.1, -0.05) is 46.3 Å². The molecule has 3 heterocycles. The van der Waals surface area contributed by atoms with Crippen LogP contribution in [0.1, 0.15) is 36.9 Å². The maximum Gasteiger partial charge on any atom is 0.318 e. The Morgan fingerprint density at radius 3 is 2.47 bits per heavy atom. The highest BCUT2D eigenvalue weighted by Gasteiger charge is 2.56. The second-order valence-corrected chi connectivity index (χ2v) is 9.63. The number of hydrogen-bond donors (Lipinski definition) is 1. The molecule has 166 valence electrons. The Hall–Kier alpha value is -2.64. The minimum Gasteiger partial charge on any atom is -0.346 e. The largest absolute Gasteiger partial charge is 0.346 e. The van der Waals surface area contributed by atoms with E-state index in [1.54, 1.807) is 4.68 Å². The van der Waals surface area contributed by atoms with E-state index in [9.17, 15) is 9.90 Å². The van der Waals surface area contributed by atoms with Crippen LogP contribution in [0.25, 0.3) is 5.69 Å². The first kappa shape index (κ1) is 21.2. The summed E-state index contributed by atoms with van der Waals surface area (Å²) in [5, 5.41) is 12.2. The molecule has 0 saturated carbocycles. The van der Waals surface area contributed by atoms with Crippen molar-refractivity contribution < 1.29 is 9.68 Å². The molecule has 0 aliphatic carbocycles. The molecule has 1 N–H and O–H groups in total. The molecule has 0 saturated heterocycles. The molecular formula is C25H28BrN4O2+. The number of anilines is 1. The van der Waals surface area contributed by atoms with Gasteiger partial charge < -0.3 is 5.11 Å². The molecule has 32 heavy (non-hydrogen) atoms. The Bertz CT molecular complexity index is 1240. The number of nitrogens with zero attached hydrogens (tertiary/aromatic N) is 4. The van der Waals surface area contributed by atoms with E-state index < -0.39 is 5.72 Å². The fourth-order valence-corrected chi connectivity index (χ4v) is 5.35. The predicted octanol–water partition coefficient (Wildman–Crippen LogP) is 3.90. The Labute approximate surface area is 196 Å². The summed E-state index contributed by atoms with van der Waals surface area (Å²) >= 11 is 3.50. The quantitative estimate of drug-likeness (QED) is 0.560. The second kappa shape index (κ2) is 8.05. The Balaban J connectivity index is 1.74. The van der Waals surface area contributed by atoms with Gasteiger partial charge in [-0.15, -0.1) is 0 Å². The van der Waals surface area contributed by atoms with Crippen LogP contribution in [0.15, 0.2) is 63.9 Å². The fraction of sp³-hybridized carbons (Fsp3) is 0.360. The van der Waals surface area contributed by atoms with Gasteiger partial charge in [-0.2, -0.15) is 4.90 Å². The van der Waals surface area contributed by atoms with E-state index in [-0.39, 0.29) is 5.56 Å². The van der Waals surface area contributed by atoms with Crippen LogP contribution < -0.4 is 10.5 Å². The number of hydrogen-bond acceptors (Lipinski definition) is 3. The Morgan fingerprint density at radius 1 is 1.03 bits per heavy atom. The van der Waals surface area contributed by atoms with E-state index >= 15 is 0 Å². The molecule has 0 fully saturated rings. The van der Waals surface area contributed by atoms with Crippen molar-refractivity contribution in [2.45, 2.75) is 38.3 Å². The minimum atomic E-state index is -1.31. The lowest BCUT2D eigenvalue weighted by atomic mass is 10.00. The summed E-state index contributed by atoms with van der Waals surface area (Å²) < 4.78 is 6.80. The summed E-state index contributed by atoms with van der Waals surface area (Å²) in [5.41, 5.74) is 1.53. The van der Waals surface area contributed by atoms with Crippen molar-refractivity contribution in [2.24, 2.45) is 7.05 Å². The lowest BCUT2D eigenvalue weighted by Gasteiger charge is -2.28. The van der Waals surface area contributed by atoms with Gasteiger partial charge in [-0.3, -0.25) is 14.1 Å². The van der Waals surface area contributed by atoms with Gasteiger partial charge in [-0.05, 0) is 50.5 Å². The molecule has 3 aromatic rings. The Kier molecular flexibility index (Phi) is 5.34. The molecule has 1 aromatic heterocycles. The number of rotatable bonds is 3. The average Bonchev–Trinajstić information content (AvgIpc) is 3.05. The zero-order valence-electron chi connectivity index (χ0n) is 18.5. The molecule has 0 amide bonds. The molecular weight excluding hydrogens is 468 g/mol. The molecule has 2 aromatic carbocycles. The highest BCUT2D eigenvalue weighted by molar-refractivity contribution is 9.10. The standard InChI is InChI=1S/C25H28BrN4O2/c1-18-23(24(31)30(27(18)2)21-9-5-3-6-10-21)29-22-11-7-4-8-16-28(22)17-25(29,32)19-12-14-20(26)15-13-19/h3,5-6,9-10,12-15,32H,4,7-8,11,16-17H2,1-2H3/q+1. The third-order valence-corrected chi connectivity index (χ3v) is 7.32. The molecule has 1 atom stereocenters. The first-order chi connectivity index (χ1) is 15.4. The number of para-hydroxylation sites is 1. The summed E-state index contributed by atoms with van der Waals surface area (Å²) in [5.74, 6) is 1.04. The second-order valence-electron chi connectivity index (χ2n) is 8.72. The number of aromatic nitrogens is 2. The number of halogens is 1. The van der Waals surface area contributed by atoms with Crippen molar-refractivity contribution in [3.05, 3.63) is 80.7 Å². The van der Waals surface area contributed by atoms with E-state index in [2.05, 4.69) is 20.5 Å². The van der Waals surface area contributed by atoms with Gasteiger partial charge >= 0.3 is 5.56 Å². The van der Waals surface area contributed by atoms with Crippen molar-refractivity contribution in [3.63, 3.8) is 0 Å². The van der Waals surface area contributed by atoms with E-state index in [0.29, 0.717) is 12.2 Å². The monoisotopic (exact) mass is 495 g/mol. The van der Waals surface area contributed by atoms with Gasteiger partial charge in [0.15, 0.2) is 6.54 Å². The first-order valence-electron chi connectivity index (χ1n) is 11.2. The number of benzene rings is 2. The fourth-order valence-electron chi connectivity index (χ4n) is 5.09. The maximum absolute atomic E-state index is 13.9. The molecule has 0 radical (unpaired) electrons. The van der Waals surface area contributed by atoms with Crippen LogP contribution in [0.4, 0.5) is 5.69 Å². The van der Waals surface area contributed by atoms with E-state index in [4.69, 9.17) is 0 Å². The molecule has 2 aliphatic heterocycles. The first-order valence-corrected chi connectivity index (χ1v) is 11.9. The summed E-state index contributed by atoms with van der Waals surface area (Å²) in [4.78, 5) is 15.8. The van der Waals surface area contributed by atoms with Crippen LogP contribution in [0.2, 0.25) is 0 Å². The predicted molar refractivity (Wildman–Crippen MR) is 130 cm³/mol. The lowest BCUT2D eigenvalue weighted by Crippen LogP contribution is -2.49. The van der Waals surface area contributed by atoms with Crippen molar-refractivity contribution in [1.29, 1.82) is 0 Å². The molecule has 2 aliphatic rings. The molecule has 6 nitrogen and oxygen atoms in total. The smallest absolute Gasteiger partial charge is 0.318 e. The van der Waals surface area contributed by atoms with Crippen molar-refractivity contribution in [1.82, 2.24) is 9.36 Å². The summed E-state index contributed by atoms with van der Waals surface area (Å²) in [7, 11) is 1.90. The summed E-state index contributed by atoms with van der Waals surface area (Å²) in [6.45, 7) is 3.30. The molecule has 0 bridgehead atoms. The maximum atomic E-state index is 13.9. The molecule has 1 unspecified atom stereocenters. The van der Waals surface area contributed by atoms with Gasteiger partial charge in [0.25, 0.3) is 11.6 Å². The van der Waals surface area contributed by atoms with Gasteiger partial charge in [0, 0.05) is 23.5 Å². The molecule has 5 rings (SSSR count). The topological polar surface area (TPSA) is 53.4 Å². The lowest BCUT2D eigenvalue weighted by molar-refractivity contribution is -0.534. The van der Waals surface area contributed by atoms with Gasteiger partial charge in [0.05, 0.1) is 17.9 Å². The van der Waals surface area contributed by atoms with Crippen LogP contribution in [-0.4, -0.2) is 38.0 Å². The van der Waals surface area contributed by atoms with Gasteiger partial charge in [0.2, 0.25) is 5.69 Å². The number of amidine groups is 1. The van der Waals surface area contributed by atoms with E-state index in [1.807, 2.05) is 78.2 Å². The van der Waals surface area contributed by atoms with Crippen LogP contribution in [0.5, 0.6) is 0 Å². The third kappa shape index (κ3) is 3.26. The minimum absolute atomic E-state index is 0.120. The average molecular weight is 496 g/mol. The summed E-state index contributed by atoms with van der Waals surface area (Å²) in [6, 6.07) is 17.4. The highest BCUT2D eigenvalue weighted by atomic mass is 79.9. The van der Waals surface area contributed by atoms with Crippen molar-refractivity contribution in [2.75, 3.05) is 18.0 Å². The number of aliphatic hydroxyl groups is 1. The SMILES string of the molecule is Cc1c(N2C3=[N+](CCCCC3)CC2(O)c2ccc(Br)cc2)c(=O)n(-c2ccccc2)n1C. The third-order valence-electron chi connectivity index (χ3n) is 6.79. The van der Waals surface area contributed by atoms with Gasteiger partial charge in [0.1, 0.15) is 0 Å². The van der Waals surface area contributed by atoms with Crippen LogP contribution in [0, 0.1) is 6.92 Å². The molecule has 0 spiro atoms. The van der Waals surface area contributed by atoms with E-state index in [0.717, 1.165) is 59.5 Å². The van der Waals surface area contributed by atoms with Crippen molar-refractivity contribution >= 4 is 27.5 Å². The normalized spacial score (nSPS) is 21.1. The van der Waals surface area contributed by atoms with Crippen LogP contribution >= 0.6 is 15.9 Å². The van der Waals surface area contributed by atoms with E-state index in [1.165, 1.54) is 0 Å². The van der Waals surface area contributed by atoms with Crippen LogP contribution in [0.3, 0.4) is 0 Å². The highest BCUT2D eigenvalue weighted by Crippen LogP contribution is 2.38. The Morgan fingerprint density at radius 2 is 1.75 bits per heavy atom. The van der Waals surface area contributed by atoms with Gasteiger partial charge in [-0.25, -0.2) is 4.68 Å². The zero-order chi connectivity index (χ0) is 22.5. The summed E-state index contributed by atoms with van der Waals surface area (Å²) in [6.07, 6.45) is 4.15. The zero-order valence-corrected chi connectivity index (χ0v) is 20.0.